The molecule has 0 bridgehead atoms. The normalized spacial score (nSPS) is 20.2. The highest BCUT2D eigenvalue weighted by Crippen LogP contribution is 2.54. The molecular weight excluding hydrogens is 554 g/mol. The van der Waals surface area contributed by atoms with Crippen molar-refractivity contribution in [3.63, 3.8) is 0 Å². The number of carbonyl (C=O) groups excluding carboxylic acids is 3. The maximum Gasteiger partial charge on any atom is 0.323 e. The summed E-state index contributed by atoms with van der Waals surface area (Å²) in [6.07, 6.45) is 0. The van der Waals surface area contributed by atoms with Gasteiger partial charge in [-0.15, -0.1) is 0 Å². The Morgan fingerprint density at radius 2 is 1.95 bits per heavy atom. The van der Waals surface area contributed by atoms with Gasteiger partial charge >= 0.3 is 10.8 Å². The number of aryl methyl sites for hydroxylation is 1. The standard InChI is InChI=1S/C25H20ClN3O7S2/c1-11-3-2-4-13(7-11)27-16(30)10-36-15-6-5-12(26)8-14(15)18-19-21(37-22-20(18)38-25(35)28-22)24(34)29(23(19)33)9-17(31)32/h2-8,18-19,21H,9-10H2,1H3,(H,27,30)(H,28,35)(H,31,32)/t18-,19?,21?/m1/s1. The Kier molecular flexibility index (Phi) is 7.03. The number of aromatic amines is 1. The van der Waals surface area contributed by atoms with Gasteiger partial charge in [0.25, 0.3) is 5.91 Å². The number of rotatable bonds is 7. The van der Waals surface area contributed by atoms with Crippen LogP contribution < -0.4 is 14.9 Å². The number of fused-ring (bicyclic) bond motifs is 2. The average molecular weight is 574 g/mol. The number of thiazole rings is 1. The van der Waals surface area contributed by atoms with Gasteiger partial charge in [-0.2, -0.15) is 0 Å². The van der Waals surface area contributed by atoms with Gasteiger partial charge < -0.3 is 20.1 Å². The number of likely N-dealkylation sites (tertiary alicyclic amines) is 1. The van der Waals surface area contributed by atoms with E-state index in [1.807, 2.05) is 25.1 Å². The van der Waals surface area contributed by atoms with Gasteiger partial charge in [0.1, 0.15) is 17.5 Å². The lowest BCUT2D eigenvalue weighted by atomic mass is 9.82. The third-order valence-corrected chi connectivity index (χ3v) is 8.81. The van der Waals surface area contributed by atoms with Crippen LogP contribution in [0.2, 0.25) is 5.02 Å². The summed E-state index contributed by atoms with van der Waals surface area (Å²) in [5.41, 5.74) is 1.99. The van der Waals surface area contributed by atoms with Gasteiger partial charge in [-0.05, 0) is 42.8 Å². The molecule has 0 aliphatic carbocycles. The van der Waals surface area contributed by atoms with Crippen LogP contribution in [0.3, 0.4) is 0 Å². The molecule has 13 heteroatoms. The number of ether oxygens (including phenoxy) is 1. The molecule has 0 spiro atoms. The van der Waals surface area contributed by atoms with Gasteiger partial charge in [-0.1, -0.05) is 46.8 Å². The first kappa shape index (κ1) is 26.0. The summed E-state index contributed by atoms with van der Waals surface area (Å²) in [4.78, 5) is 66.2. The number of benzene rings is 2. The molecule has 0 radical (unpaired) electrons. The molecule has 3 aromatic rings. The van der Waals surface area contributed by atoms with E-state index < -0.39 is 47.3 Å². The summed E-state index contributed by atoms with van der Waals surface area (Å²) in [5, 5.41) is 11.8. The van der Waals surface area contributed by atoms with E-state index in [9.17, 15) is 29.1 Å². The minimum absolute atomic E-state index is 0.244. The Balaban J connectivity index is 1.49. The van der Waals surface area contributed by atoms with Gasteiger partial charge in [0.2, 0.25) is 11.8 Å². The number of amides is 3. The number of anilines is 1. The smallest absolute Gasteiger partial charge is 0.323 e. The van der Waals surface area contributed by atoms with Crippen LogP contribution in [0.5, 0.6) is 5.75 Å². The van der Waals surface area contributed by atoms with Gasteiger partial charge in [0.05, 0.1) is 10.9 Å². The highest BCUT2D eigenvalue weighted by molar-refractivity contribution is 8.00. The molecule has 3 heterocycles. The number of aliphatic carboxylic acids is 1. The van der Waals surface area contributed by atoms with Gasteiger partial charge in [-0.25, -0.2) is 0 Å². The molecule has 10 nitrogen and oxygen atoms in total. The molecular formula is C25H20ClN3O7S2. The number of halogens is 1. The van der Waals surface area contributed by atoms with E-state index in [2.05, 4.69) is 10.3 Å². The Bertz CT molecular complexity index is 1540. The minimum Gasteiger partial charge on any atom is -0.483 e. The van der Waals surface area contributed by atoms with E-state index in [1.165, 1.54) is 0 Å². The van der Waals surface area contributed by atoms with Crippen LogP contribution in [-0.4, -0.2) is 57.1 Å². The van der Waals surface area contributed by atoms with Crippen molar-refractivity contribution in [3.05, 3.63) is 73.2 Å². The van der Waals surface area contributed by atoms with Gasteiger partial charge in [0, 0.05) is 27.1 Å². The number of nitrogens with zero attached hydrogens (tertiary/aromatic N) is 1. The van der Waals surface area contributed by atoms with Crippen LogP contribution in [0.25, 0.3) is 0 Å². The SMILES string of the molecule is Cc1cccc(NC(=O)COc2ccc(Cl)cc2[C@H]2c3sc(=O)[nH]c3SC3C(=O)N(CC(=O)O)C(=O)C32)c1. The zero-order valence-corrected chi connectivity index (χ0v) is 22.1. The van der Waals surface area contributed by atoms with Gasteiger partial charge in [0.15, 0.2) is 6.61 Å². The molecule has 2 aliphatic rings. The predicted molar refractivity (Wildman–Crippen MR) is 141 cm³/mol. The van der Waals surface area contributed by atoms with Crippen LogP contribution in [0.4, 0.5) is 5.69 Å². The summed E-state index contributed by atoms with van der Waals surface area (Å²) >= 11 is 8.24. The number of carboxylic acid groups (broad SMARTS) is 1. The maximum absolute atomic E-state index is 13.4. The summed E-state index contributed by atoms with van der Waals surface area (Å²) in [6.45, 7) is 0.782. The maximum atomic E-state index is 13.4. The van der Waals surface area contributed by atoms with Crippen molar-refractivity contribution in [1.29, 1.82) is 0 Å². The largest absolute Gasteiger partial charge is 0.483 e. The fourth-order valence-corrected chi connectivity index (χ4v) is 7.37. The molecule has 3 amide bonds. The van der Waals surface area contributed by atoms with Crippen molar-refractivity contribution in [2.45, 2.75) is 23.1 Å². The van der Waals surface area contributed by atoms with Crippen LogP contribution in [0.15, 0.2) is 52.3 Å². The van der Waals surface area contributed by atoms with Gasteiger partial charge in [-0.3, -0.25) is 28.9 Å². The average Bonchev–Trinajstić information content (AvgIpc) is 3.33. The molecule has 38 heavy (non-hydrogen) atoms. The first-order valence-electron chi connectivity index (χ1n) is 11.4. The quantitative estimate of drug-likeness (QED) is 0.366. The number of hydrogen-bond donors (Lipinski definition) is 3. The lowest BCUT2D eigenvalue weighted by Gasteiger charge is -2.31. The van der Waals surface area contributed by atoms with Crippen molar-refractivity contribution >= 4 is 64.1 Å². The Morgan fingerprint density at radius 1 is 1.16 bits per heavy atom. The number of nitrogens with one attached hydrogen (secondary N) is 2. The lowest BCUT2D eigenvalue weighted by molar-refractivity contribution is -0.149. The predicted octanol–water partition coefficient (Wildman–Crippen LogP) is 3.09. The Hall–Kier alpha value is -3.61. The fourth-order valence-electron chi connectivity index (χ4n) is 4.66. The third-order valence-electron chi connectivity index (χ3n) is 6.18. The molecule has 1 saturated heterocycles. The second-order valence-electron chi connectivity index (χ2n) is 8.79. The second kappa shape index (κ2) is 10.3. The molecule has 1 aromatic heterocycles. The zero-order valence-electron chi connectivity index (χ0n) is 19.7. The first-order valence-corrected chi connectivity index (χ1v) is 13.4. The number of H-pyrrole nitrogens is 1. The first-order chi connectivity index (χ1) is 18.1. The van der Waals surface area contributed by atoms with Crippen molar-refractivity contribution in [1.82, 2.24) is 9.88 Å². The fraction of sp³-hybridized carbons (Fsp3) is 0.240. The zero-order chi connectivity index (χ0) is 27.1. The molecule has 2 aliphatic heterocycles. The van der Waals surface area contributed by atoms with E-state index in [0.717, 1.165) is 33.6 Å². The molecule has 196 valence electrons. The Morgan fingerprint density at radius 3 is 2.68 bits per heavy atom. The highest BCUT2D eigenvalue weighted by atomic mass is 35.5. The summed E-state index contributed by atoms with van der Waals surface area (Å²) in [6, 6.07) is 12.0. The van der Waals surface area contributed by atoms with Crippen molar-refractivity contribution < 1.29 is 29.0 Å². The van der Waals surface area contributed by atoms with Crippen LogP contribution in [0, 0.1) is 12.8 Å². The topological polar surface area (TPSA) is 146 Å². The molecule has 0 saturated carbocycles. The second-order valence-corrected chi connectivity index (χ2v) is 11.4. The number of hydrogen-bond acceptors (Lipinski definition) is 8. The minimum atomic E-state index is -1.32. The Labute approximate surface area is 228 Å². The number of carboxylic acids is 1. The third kappa shape index (κ3) is 4.94. The summed E-state index contributed by atoms with van der Waals surface area (Å²) in [7, 11) is 0. The lowest BCUT2D eigenvalue weighted by Crippen LogP contribution is -2.36. The van der Waals surface area contributed by atoms with Crippen LogP contribution in [-0.2, 0) is 19.2 Å². The monoisotopic (exact) mass is 573 g/mol. The molecule has 2 aromatic carbocycles. The van der Waals surface area contributed by atoms with Crippen molar-refractivity contribution in [2.24, 2.45) is 5.92 Å². The van der Waals surface area contributed by atoms with Crippen LogP contribution >= 0.6 is 34.7 Å². The number of imide groups is 1. The number of thioether (sulfide) groups is 1. The molecule has 1 fully saturated rings. The molecule has 3 N–H and O–H groups in total. The number of aromatic nitrogens is 1. The van der Waals surface area contributed by atoms with E-state index in [4.69, 9.17) is 16.3 Å². The van der Waals surface area contributed by atoms with E-state index in [0.29, 0.717) is 26.2 Å². The van der Waals surface area contributed by atoms with E-state index in [-0.39, 0.29) is 17.2 Å². The highest BCUT2D eigenvalue weighted by Gasteiger charge is 2.56. The van der Waals surface area contributed by atoms with Crippen molar-refractivity contribution in [2.75, 3.05) is 18.5 Å². The molecule has 2 unspecified atom stereocenters. The molecule has 3 atom stereocenters. The van der Waals surface area contributed by atoms with E-state index >= 15 is 0 Å². The number of carbonyl (C=O) groups is 4. The summed E-state index contributed by atoms with van der Waals surface area (Å²) < 4.78 is 5.87. The van der Waals surface area contributed by atoms with Crippen molar-refractivity contribution in [3.8, 4) is 5.75 Å². The van der Waals surface area contributed by atoms with Crippen LogP contribution in [0.1, 0.15) is 21.9 Å². The molecule has 5 rings (SSSR count). The summed E-state index contributed by atoms with van der Waals surface area (Å²) in [5.74, 6) is -4.61. The van der Waals surface area contributed by atoms with E-state index in [1.54, 1.807) is 24.3 Å².